The van der Waals surface area contributed by atoms with Gasteiger partial charge in [0.1, 0.15) is 11.3 Å². The van der Waals surface area contributed by atoms with Crippen LogP contribution in [0.1, 0.15) is 31.2 Å². The van der Waals surface area contributed by atoms with Crippen LogP contribution in [0.3, 0.4) is 0 Å². The third-order valence-electron chi connectivity index (χ3n) is 3.93. The Morgan fingerprint density at radius 1 is 1.40 bits per heavy atom. The van der Waals surface area contributed by atoms with Crippen LogP contribution in [0.25, 0.3) is 11.0 Å². The molecule has 0 spiro atoms. The lowest BCUT2D eigenvalue weighted by atomic mass is 10.1. The Morgan fingerprint density at radius 2 is 2.20 bits per heavy atom. The Balaban J connectivity index is 1.74. The summed E-state index contributed by atoms with van der Waals surface area (Å²) in [4.78, 5) is 12.1. The lowest BCUT2D eigenvalue weighted by Crippen LogP contribution is -2.33. The number of carbonyl (C=O) groups is 1. The van der Waals surface area contributed by atoms with Crippen LogP contribution in [-0.4, -0.2) is 19.1 Å². The maximum atomic E-state index is 12.1. The molecule has 0 unspecified atom stereocenters. The Hall–Kier alpha value is -1.97. The number of fused-ring (bicyclic) bond motifs is 1. The molecule has 1 heterocycles. The Bertz CT molecular complexity index is 611. The molecule has 1 N–H and O–H groups in total. The summed E-state index contributed by atoms with van der Waals surface area (Å²) in [6.45, 7) is 0. The van der Waals surface area contributed by atoms with Crippen molar-refractivity contribution in [2.75, 3.05) is 7.11 Å². The molecule has 0 bridgehead atoms. The molecule has 20 heavy (non-hydrogen) atoms. The lowest BCUT2D eigenvalue weighted by Gasteiger charge is -2.11. The first kappa shape index (κ1) is 13.0. The summed E-state index contributed by atoms with van der Waals surface area (Å²) >= 11 is 0. The van der Waals surface area contributed by atoms with Crippen LogP contribution in [0.2, 0.25) is 0 Å². The summed E-state index contributed by atoms with van der Waals surface area (Å²) in [5, 5.41) is 4.05. The SMILES string of the molecule is COc1ccc2occ(CC(=O)NC3CCCC3)c2c1. The van der Waals surface area contributed by atoms with E-state index in [4.69, 9.17) is 9.15 Å². The van der Waals surface area contributed by atoms with E-state index in [0.717, 1.165) is 35.1 Å². The van der Waals surface area contributed by atoms with Gasteiger partial charge in [0.05, 0.1) is 19.8 Å². The van der Waals surface area contributed by atoms with Gasteiger partial charge in [0, 0.05) is 17.0 Å². The smallest absolute Gasteiger partial charge is 0.224 e. The number of furan rings is 1. The average molecular weight is 273 g/mol. The Kier molecular flexibility index (Phi) is 3.63. The van der Waals surface area contributed by atoms with Crippen molar-refractivity contribution >= 4 is 16.9 Å². The van der Waals surface area contributed by atoms with Crippen molar-refractivity contribution in [3.8, 4) is 5.75 Å². The topological polar surface area (TPSA) is 51.5 Å². The van der Waals surface area contributed by atoms with E-state index in [-0.39, 0.29) is 5.91 Å². The minimum atomic E-state index is 0.0717. The molecule has 3 rings (SSSR count). The number of benzene rings is 1. The van der Waals surface area contributed by atoms with Crippen molar-refractivity contribution in [3.05, 3.63) is 30.0 Å². The fourth-order valence-electron chi connectivity index (χ4n) is 2.85. The molecule has 1 aliphatic rings. The molecular weight excluding hydrogens is 254 g/mol. The second kappa shape index (κ2) is 5.57. The van der Waals surface area contributed by atoms with Gasteiger partial charge in [-0.05, 0) is 31.0 Å². The number of hydrogen-bond donors (Lipinski definition) is 1. The van der Waals surface area contributed by atoms with Gasteiger partial charge in [-0.3, -0.25) is 4.79 Å². The summed E-state index contributed by atoms with van der Waals surface area (Å²) in [5.74, 6) is 0.846. The van der Waals surface area contributed by atoms with Crippen LogP contribution in [0.5, 0.6) is 5.75 Å². The van der Waals surface area contributed by atoms with E-state index in [1.54, 1.807) is 13.4 Å². The largest absolute Gasteiger partial charge is 0.497 e. The number of ether oxygens (including phenoxy) is 1. The zero-order chi connectivity index (χ0) is 13.9. The van der Waals surface area contributed by atoms with Gasteiger partial charge >= 0.3 is 0 Å². The number of hydrogen-bond acceptors (Lipinski definition) is 3. The monoisotopic (exact) mass is 273 g/mol. The van der Waals surface area contributed by atoms with Crippen molar-refractivity contribution in [1.29, 1.82) is 0 Å². The molecule has 2 aromatic rings. The summed E-state index contributed by atoms with van der Waals surface area (Å²) in [5.41, 5.74) is 1.70. The lowest BCUT2D eigenvalue weighted by molar-refractivity contribution is -0.121. The summed E-state index contributed by atoms with van der Waals surface area (Å²) in [6.07, 6.45) is 6.67. The Morgan fingerprint density at radius 3 is 2.95 bits per heavy atom. The normalized spacial score (nSPS) is 15.7. The van der Waals surface area contributed by atoms with Crippen LogP contribution >= 0.6 is 0 Å². The second-order valence-electron chi connectivity index (χ2n) is 5.35. The third kappa shape index (κ3) is 2.64. The highest BCUT2D eigenvalue weighted by Crippen LogP contribution is 2.26. The summed E-state index contributed by atoms with van der Waals surface area (Å²) in [7, 11) is 1.63. The molecule has 1 saturated carbocycles. The van der Waals surface area contributed by atoms with Crippen molar-refractivity contribution in [2.45, 2.75) is 38.1 Å². The number of nitrogens with one attached hydrogen (secondary N) is 1. The number of carbonyl (C=O) groups excluding carboxylic acids is 1. The standard InChI is InChI=1S/C16H19NO3/c1-19-13-6-7-15-14(9-13)11(10-20-15)8-16(18)17-12-4-2-3-5-12/h6-7,9-10,12H,2-5,8H2,1H3,(H,17,18). The highest BCUT2D eigenvalue weighted by atomic mass is 16.5. The molecule has 0 radical (unpaired) electrons. The predicted molar refractivity (Wildman–Crippen MR) is 76.9 cm³/mol. The molecule has 1 aliphatic carbocycles. The fourth-order valence-corrected chi connectivity index (χ4v) is 2.85. The molecule has 1 amide bonds. The van der Waals surface area contributed by atoms with E-state index < -0.39 is 0 Å². The van der Waals surface area contributed by atoms with Crippen LogP contribution in [0, 0.1) is 0 Å². The van der Waals surface area contributed by atoms with Crippen LogP contribution in [0.15, 0.2) is 28.9 Å². The van der Waals surface area contributed by atoms with E-state index >= 15 is 0 Å². The molecule has 0 aliphatic heterocycles. The predicted octanol–water partition coefficient (Wildman–Crippen LogP) is 3.04. The zero-order valence-corrected chi connectivity index (χ0v) is 11.6. The molecule has 1 aromatic carbocycles. The maximum Gasteiger partial charge on any atom is 0.224 e. The second-order valence-corrected chi connectivity index (χ2v) is 5.35. The number of amides is 1. The van der Waals surface area contributed by atoms with E-state index in [0.29, 0.717) is 12.5 Å². The molecule has 106 valence electrons. The minimum Gasteiger partial charge on any atom is -0.497 e. The molecule has 4 heteroatoms. The van der Waals surface area contributed by atoms with E-state index in [9.17, 15) is 4.79 Å². The molecule has 1 fully saturated rings. The van der Waals surface area contributed by atoms with Gasteiger partial charge < -0.3 is 14.5 Å². The number of rotatable bonds is 4. The van der Waals surface area contributed by atoms with Gasteiger partial charge in [-0.25, -0.2) is 0 Å². The number of methoxy groups -OCH3 is 1. The maximum absolute atomic E-state index is 12.1. The van der Waals surface area contributed by atoms with Gasteiger partial charge in [0.25, 0.3) is 0 Å². The highest BCUT2D eigenvalue weighted by Gasteiger charge is 2.18. The van der Waals surface area contributed by atoms with Gasteiger partial charge in [0.15, 0.2) is 0 Å². The third-order valence-corrected chi connectivity index (χ3v) is 3.93. The van der Waals surface area contributed by atoms with Gasteiger partial charge in [0.2, 0.25) is 5.91 Å². The summed E-state index contributed by atoms with van der Waals surface area (Å²) < 4.78 is 10.7. The van der Waals surface area contributed by atoms with Gasteiger partial charge in [-0.1, -0.05) is 12.8 Å². The first-order valence-electron chi connectivity index (χ1n) is 7.10. The zero-order valence-electron chi connectivity index (χ0n) is 11.6. The van der Waals surface area contributed by atoms with E-state index in [1.807, 2.05) is 18.2 Å². The van der Waals surface area contributed by atoms with Crippen LogP contribution in [-0.2, 0) is 11.2 Å². The molecular formula is C16H19NO3. The first-order valence-corrected chi connectivity index (χ1v) is 7.10. The van der Waals surface area contributed by atoms with Crippen molar-refractivity contribution in [3.63, 3.8) is 0 Å². The average Bonchev–Trinajstić information content (AvgIpc) is 3.08. The quantitative estimate of drug-likeness (QED) is 0.931. The highest BCUT2D eigenvalue weighted by molar-refractivity contribution is 5.88. The summed E-state index contributed by atoms with van der Waals surface area (Å²) in [6, 6.07) is 5.99. The van der Waals surface area contributed by atoms with Crippen LogP contribution < -0.4 is 10.1 Å². The van der Waals surface area contributed by atoms with Gasteiger partial charge in [-0.15, -0.1) is 0 Å². The van der Waals surface area contributed by atoms with Crippen LogP contribution in [0.4, 0.5) is 0 Å². The first-order chi connectivity index (χ1) is 9.76. The molecule has 0 atom stereocenters. The van der Waals surface area contributed by atoms with E-state index in [2.05, 4.69) is 5.32 Å². The van der Waals surface area contributed by atoms with Crippen molar-refractivity contribution in [2.24, 2.45) is 0 Å². The fraction of sp³-hybridized carbons (Fsp3) is 0.438. The van der Waals surface area contributed by atoms with E-state index in [1.165, 1.54) is 12.8 Å². The molecule has 1 aromatic heterocycles. The molecule has 0 saturated heterocycles. The van der Waals surface area contributed by atoms with Crippen molar-refractivity contribution in [1.82, 2.24) is 5.32 Å². The molecule has 4 nitrogen and oxygen atoms in total. The van der Waals surface area contributed by atoms with Crippen molar-refractivity contribution < 1.29 is 13.9 Å². The Labute approximate surface area is 118 Å². The van der Waals surface area contributed by atoms with Gasteiger partial charge in [-0.2, -0.15) is 0 Å². The minimum absolute atomic E-state index is 0.0717.